The molecule has 6 nitrogen and oxygen atoms in total. The number of hydrogen-bond donors (Lipinski definition) is 0. The molecule has 29 heavy (non-hydrogen) atoms. The van der Waals surface area contributed by atoms with Crippen LogP contribution in [0.1, 0.15) is 85.0 Å². The molecule has 1 heterocycles. The number of hydrogen-bond acceptors (Lipinski definition) is 4. The predicted molar refractivity (Wildman–Crippen MR) is 113 cm³/mol. The SMILES string of the molecule is CCn1c(C)c(C(=O)CN(CCC(C)C)C(=O)C2CCCC2)c(C)c1C(=O)OC. The Bertz CT molecular complexity index is 757. The molecular weight excluding hydrogens is 368 g/mol. The minimum atomic E-state index is -0.440. The number of Topliss-reactive ketones (excluding diaryl/α,β-unsaturated/α-hetero) is 1. The summed E-state index contributed by atoms with van der Waals surface area (Å²) in [5.74, 6) is 0.0650. The molecule has 0 N–H and O–H groups in total. The minimum Gasteiger partial charge on any atom is -0.464 e. The van der Waals surface area contributed by atoms with Crippen LogP contribution in [0, 0.1) is 25.7 Å². The van der Waals surface area contributed by atoms with Crippen LogP contribution in [0.2, 0.25) is 0 Å². The van der Waals surface area contributed by atoms with Crippen molar-refractivity contribution in [2.75, 3.05) is 20.2 Å². The largest absolute Gasteiger partial charge is 0.464 e. The van der Waals surface area contributed by atoms with E-state index in [-0.39, 0.29) is 24.2 Å². The van der Waals surface area contributed by atoms with E-state index in [0.29, 0.717) is 35.8 Å². The summed E-state index contributed by atoms with van der Waals surface area (Å²) in [4.78, 5) is 40.4. The maximum absolute atomic E-state index is 13.3. The van der Waals surface area contributed by atoms with Crippen LogP contribution < -0.4 is 0 Å². The number of rotatable bonds is 9. The summed E-state index contributed by atoms with van der Waals surface area (Å²) in [5, 5.41) is 0. The van der Waals surface area contributed by atoms with Gasteiger partial charge in [-0.25, -0.2) is 4.79 Å². The average molecular weight is 405 g/mol. The number of ether oxygens (including phenoxy) is 1. The Morgan fingerprint density at radius 1 is 1.17 bits per heavy atom. The second-order valence-electron chi connectivity index (χ2n) is 8.52. The van der Waals surface area contributed by atoms with Crippen molar-refractivity contribution in [1.82, 2.24) is 9.47 Å². The molecule has 0 atom stereocenters. The average Bonchev–Trinajstić information content (AvgIpc) is 3.30. The zero-order chi connectivity index (χ0) is 21.7. The fraction of sp³-hybridized carbons (Fsp3) is 0.696. The molecule has 0 saturated heterocycles. The summed E-state index contributed by atoms with van der Waals surface area (Å²) in [6.07, 6.45) is 4.88. The second-order valence-corrected chi connectivity index (χ2v) is 8.52. The molecule has 2 rings (SSSR count). The lowest BCUT2D eigenvalue weighted by Crippen LogP contribution is -2.40. The molecule has 0 radical (unpaired) electrons. The van der Waals surface area contributed by atoms with Crippen LogP contribution >= 0.6 is 0 Å². The lowest BCUT2D eigenvalue weighted by atomic mass is 10.0. The molecular formula is C23H36N2O4. The van der Waals surface area contributed by atoms with Gasteiger partial charge in [0.25, 0.3) is 0 Å². The van der Waals surface area contributed by atoms with Crippen LogP contribution in [0.25, 0.3) is 0 Å². The van der Waals surface area contributed by atoms with E-state index in [0.717, 1.165) is 37.8 Å². The van der Waals surface area contributed by atoms with Crippen LogP contribution in [0.15, 0.2) is 0 Å². The van der Waals surface area contributed by atoms with E-state index in [4.69, 9.17) is 4.74 Å². The normalized spacial score (nSPS) is 14.4. The molecule has 0 aliphatic heterocycles. The van der Waals surface area contributed by atoms with Gasteiger partial charge in [0.1, 0.15) is 5.69 Å². The molecule has 1 aromatic rings. The third-order valence-corrected chi connectivity index (χ3v) is 6.07. The number of ketones is 1. The van der Waals surface area contributed by atoms with Crippen LogP contribution in [0.3, 0.4) is 0 Å². The number of carbonyl (C=O) groups excluding carboxylic acids is 3. The molecule has 0 aromatic carbocycles. The number of carbonyl (C=O) groups is 3. The first-order valence-electron chi connectivity index (χ1n) is 10.8. The molecule has 6 heteroatoms. The summed E-state index contributed by atoms with van der Waals surface area (Å²) in [6.45, 7) is 11.1. The Hall–Kier alpha value is -2.11. The van der Waals surface area contributed by atoms with E-state index in [1.807, 2.05) is 18.4 Å². The molecule has 1 amide bonds. The molecule has 1 aliphatic carbocycles. The number of amides is 1. The Labute approximate surface area is 174 Å². The summed E-state index contributed by atoms with van der Waals surface area (Å²) in [5.41, 5.74) is 2.36. The van der Waals surface area contributed by atoms with Gasteiger partial charge in [0, 0.05) is 30.3 Å². The van der Waals surface area contributed by atoms with Crippen molar-refractivity contribution in [1.29, 1.82) is 0 Å². The number of nitrogens with zero attached hydrogens (tertiary/aromatic N) is 2. The van der Waals surface area contributed by atoms with Crippen LogP contribution in [-0.2, 0) is 16.1 Å². The second kappa shape index (κ2) is 10.1. The van der Waals surface area contributed by atoms with Gasteiger partial charge >= 0.3 is 5.97 Å². The van der Waals surface area contributed by atoms with Crippen LogP contribution in [0.5, 0.6) is 0 Å². The molecule has 0 unspecified atom stereocenters. The topological polar surface area (TPSA) is 68.6 Å². The highest BCUT2D eigenvalue weighted by molar-refractivity contribution is 6.04. The number of aromatic nitrogens is 1. The summed E-state index contributed by atoms with van der Waals surface area (Å²) in [7, 11) is 1.35. The van der Waals surface area contributed by atoms with Crippen molar-refractivity contribution < 1.29 is 19.1 Å². The Morgan fingerprint density at radius 3 is 2.31 bits per heavy atom. The lowest BCUT2D eigenvalue weighted by molar-refractivity contribution is -0.135. The highest BCUT2D eigenvalue weighted by Crippen LogP contribution is 2.28. The molecule has 0 spiro atoms. The first-order chi connectivity index (χ1) is 13.7. The number of esters is 1. The van der Waals surface area contributed by atoms with Gasteiger partial charge in [0.15, 0.2) is 5.78 Å². The first kappa shape index (κ1) is 23.2. The van der Waals surface area contributed by atoms with E-state index in [1.165, 1.54) is 7.11 Å². The fourth-order valence-electron chi connectivity index (χ4n) is 4.43. The number of methoxy groups -OCH3 is 1. The maximum atomic E-state index is 13.3. The fourth-order valence-corrected chi connectivity index (χ4v) is 4.43. The maximum Gasteiger partial charge on any atom is 0.354 e. The van der Waals surface area contributed by atoms with Gasteiger partial charge in [-0.1, -0.05) is 26.7 Å². The third-order valence-electron chi connectivity index (χ3n) is 6.07. The van der Waals surface area contributed by atoms with Gasteiger partial charge in [0.2, 0.25) is 5.91 Å². The molecule has 0 bridgehead atoms. The molecule has 162 valence electrons. The molecule has 1 aliphatic rings. The summed E-state index contributed by atoms with van der Waals surface area (Å²) < 4.78 is 6.75. The van der Waals surface area contributed by atoms with Crippen molar-refractivity contribution in [3.05, 3.63) is 22.5 Å². The van der Waals surface area contributed by atoms with Crippen molar-refractivity contribution in [2.45, 2.75) is 73.3 Å². The van der Waals surface area contributed by atoms with Gasteiger partial charge in [-0.2, -0.15) is 0 Å². The first-order valence-corrected chi connectivity index (χ1v) is 10.8. The van der Waals surface area contributed by atoms with Gasteiger partial charge < -0.3 is 14.2 Å². The van der Waals surface area contributed by atoms with Crippen molar-refractivity contribution >= 4 is 17.7 Å². The smallest absolute Gasteiger partial charge is 0.354 e. The molecule has 1 saturated carbocycles. The predicted octanol–water partition coefficient (Wildman–Crippen LogP) is 4.16. The summed E-state index contributed by atoms with van der Waals surface area (Å²) >= 11 is 0. The Kier molecular flexibility index (Phi) is 8.05. The Morgan fingerprint density at radius 2 is 1.79 bits per heavy atom. The van der Waals surface area contributed by atoms with E-state index < -0.39 is 5.97 Å². The zero-order valence-electron chi connectivity index (χ0n) is 18.8. The summed E-state index contributed by atoms with van der Waals surface area (Å²) in [6, 6.07) is 0. The van der Waals surface area contributed by atoms with E-state index in [1.54, 1.807) is 11.8 Å². The zero-order valence-corrected chi connectivity index (χ0v) is 18.8. The molecule has 1 aromatic heterocycles. The van der Waals surface area contributed by atoms with Crippen molar-refractivity contribution in [3.8, 4) is 0 Å². The van der Waals surface area contributed by atoms with Crippen molar-refractivity contribution in [3.63, 3.8) is 0 Å². The van der Waals surface area contributed by atoms with Crippen LogP contribution in [-0.4, -0.2) is 47.3 Å². The monoisotopic (exact) mass is 404 g/mol. The third kappa shape index (κ3) is 5.09. The Balaban J connectivity index is 2.31. The standard InChI is InChI=1S/C23H36N2O4/c1-7-25-17(5)20(16(4)21(25)23(28)29-6)19(26)14-24(13-12-15(2)3)22(27)18-10-8-9-11-18/h15,18H,7-14H2,1-6H3. The lowest BCUT2D eigenvalue weighted by Gasteiger charge is -2.26. The van der Waals surface area contributed by atoms with Gasteiger partial charge in [-0.3, -0.25) is 9.59 Å². The van der Waals surface area contributed by atoms with E-state index in [9.17, 15) is 14.4 Å². The molecule has 1 fully saturated rings. The van der Waals surface area contributed by atoms with Crippen molar-refractivity contribution in [2.24, 2.45) is 11.8 Å². The van der Waals surface area contributed by atoms with E-state index >= 15 is 0 Å². The minimum absolute atomic E-state index is 0.0445. The van der Waals surface area contributed by atoms with Gasteiger partial charge in [0.05, 0.1) is 13.7 Å². The van der Waals surface area contributed by atoms with E-state index in [2.05, 4.69) is 13.8 Å². The quantitative estimate of drug-likeness (QED) is 0.458. The van der Waals surface area contributed by atoms with Gasteiger partial charge in [-0.05, 0) is 51.5 Å². The van der Waals surface area contributed by atoms with Gasteiger partial charge in [-0.15, -0.1) is 0 Å². The highest BCUT2D eigenvalue weighted by atomic mass is 16.5. The highest BCUT2D eigenvalue weighted by Gasteiger charge is 2.31. The van der Waals surface area contributed by atoms with Crippen LogP contribution in [0.4, 0.5) is 0 Å².